The number of rotatable bonds is 6. The van der Waals surface area contributed by atoms with Crippen LogP contribution in [0.3, 0.4) is 0 Å². The largest absolute Gasteiger partial charge is 0.497 e. The average Bonchev–Trinajstić information content (AvgIpc) is 2.45. The molecule has 0 bridgehead atoms. The van der Waals surface area contributed by atoms with Crippen LogP contribution < -0.4 is 14.8 Å². The topological polar surface area (TPSA) is 43.4 Å². The minimum Gasteiger partial charge on any atom is -0.497 e. The van der Waals surface area contributed by atoms with Crippen molar-refractivity contribution in [2.24, 2.45) is 0 Å². The van der Waals surface area contributed by atoms with Gasteiger partial charge in [-0.15, -0.1) is 0 Å². The Morgan fingerprint density at radius 1 is 1.14 bits per heavy atom. The van der Waals surface area contributed by atoms with Gasteiger partial charge in [-0.1, -0.05) is 0 Å². The molecule has 1 aromatic carbocycles. The third-order valence-corrected chi connectivity index (χ3v) is 2.77. The summed E-state index contributed by atoms with van der Waals surface area (Å²) < 4.78 is 33.6. The predicted molar refractivity (Wildman–Crippen MR) is 75.9 cm³/mol. The second-order valence-electron chi connectivity index (χ2n) is 4.40. The van der Waals surface area contributed by atoms with Gasteiger partial charge in [-0.25, -0.2) is 0 Å². The zero-order chi connectivity index (χ0) is 15.2. The van der Waals surface area contributed by atoms with Crippen molar-refractivity contribution in [1.82, 2.24) is 4.98 Å². The Balaban J connectivity index is 1.98. The molecule has 1 N–H and O–H groups in total. The van der Waals surface area contributed by atoms with Crippen molar-refractivity contribution in [1.29, 1.82) is 0 Å². The molecule has 0 aliphatic rings. The lowest BCUT2D eigenvalue weighted by atomic mass is 10.2. The van der Waals surface area contributed by atoms with Crippen molar-refractivity contribution in [2.45, 2.75) is 20.1 Å². The number of benzene rings is 1. The van der Waals surface area contributed by atoms with Crippen LogP contribution in [0.1, 0.15) is 11.4 Å². The van der Waals surface area contributed by atoms with E-state index in [1.807, 2.05) is 19.1 Å². The molecule has 0 spiro atoms. The minimum absolute atomic E-state index is 0.130. The summed E-state index contributed by atoms with van der Waals surface area (Å²) in [4.78, 5) is 4.39. The van der Waals surface area contributed by atoms with Gasteiger partial charge in [0.05, 0.1) is 19.3 Å². The number of nitrogens with zero attached hydrogens (tertiary/aromatic N) is 1. The van der Waals surface area contributed by atoms with E-state index in [-0.39, 0.29) is 5.75 Å². The molecule has 2 rings (SSSR count). The van der Waals surface area contributed by atoms with Gasteiger partial charge in [-0.3, -0.25) is 4.98 Å². The Labute approximate surface area is 121 Å². The van der Waals surface area contributed by atoms with E-state index in [0.29, 0.717) is 6.54 Å². The van der Waals surface area contributed by atoms with Gasteiger partial charge < -0.3 is 14.8 Å². The highest BCUT2D eigenvalue weighted by Crippen LogP contribution is 2.19. The van der Waals surface area contributed by atoms with Crippen molar-refractivity contribution in [3.63, 3.8) is 0 Å². The number of nitrogens with one attached hydrogen (secondary N) is 1. The summed E-state index contributed by atoms with van der Waals surface area (Å²) in [6, 6.07) is 10.0. The Kier molecular flexibility index (Phi) is 4.92. The van der Waals surface area contributed by atoms with Gasteiger partial charge in [0.2, 0.25) is 0 Å². The molecule has 0 radical (unpaired) electrons. The van der Waals surface area contributed by atoms with Crippen molar-refractivity contribution in [3.8, 4) is 11.5 Å². The summed E-state index contributed by atoms with van der Waals surface area (Å²) in [5, 5.41) is 3.16. The number of aromatic nitrogens is 1. The van der Waals surface area contributed by atoms with Crippen LogP contribution in [0.25, 0.3) is 0 Å². The molecule has 21 heavy (non-hydrogen) atoms. The highest BCUT2D eigenvalue weighted by molar-refractivity contribution is 5.46. The summed E-state index contributed by atoms with van der Waals surface area (Å²) in [7, 11) is 1.60. The molecule has 0 saturated carbocycles. The molecule has 0 fully saturated rings. The van der Waals surface area contributed by atoms with E-state index in [2.05, 4.69) is 15.0 Å². The lowest BCUT2D eigenvalue weighted by molar-refractivity contribution is -0.0498. The standard InChI is InChI=1S/C15H16F2N2O2/c1-10-7-14(20-2)8-12(19-10)9-18-11-3-5-13(6-4-11)21-15(16)17/h3-8,15,18H,9H2,1-2H3. The van der Waals surface area contributed by atoms with E-state index in [9.17, 15) is 8.78 Å². The quantitative estimate of drug-likeness (QED) is 0.884. The van der Waals surface area contributed by atoms with Gasteiger partial charge in [0, 0.05) is 23.5 Å². The first-order valence-electron chi connectivity index (χ1n) is 6.37. The number of ether oxygens (including phenoxy) is 2. The zero-order valence-corrected chi connectivity index (χ0v) is 11.8. The van der Waals surface area contributed by atoms with E-state index < -0.39 is 6.61 Å². The van der Waals surface area contributed by atoms with Gasteiger partial charge in [0.15, 0.2) is 0 Å². The molecular weight excluding hydrogens is 278 g/mol. The van der Waals surface area contributed by atoms with Gasteiger partial charge in [-0.2, -0.15) is 8.78 Å². The number of halogens is 2. The number of hydrogen-bond acceptors (Lipinski definition) is 4. The lowest BCUT2D eigenvalue weighted by Crippen LogP contribution is -2.04. The summed E-state index contributed by atoms with van der Waals surface area (Å²) >= 11 is 0. The number of methoxy groups -OCH3 is 1. The first kappa shape index (κ1) is 15.0. The Hall–Kier alpha value is -2.37. The molecule has 1 aromatic heterocycles. The normalized spacial score (nSPS) is 10.5. The first-order chi connectivity index (χ1) is 10.1. The third kappa shape index (κ3) is 4.59. The highest BCUT2D eigenvalue weighted by Gasteiger charge is 2.04. The second kappa shape index (κ2) is 6.88. The van der Waals surface area contributed by atoms with Crippen molar-refractivity contribution in [2.75, 3.05) is 12.4 Å². The summed E-state index contributed by atoms with van der Waals surface area (Å²) in [6.07, 6.45) is 0. The second-order valence-corrected chi connectivity index (χ2v) is 4.40. The predicted octanol–water partition coefficient (Wildman–Crippen LogP) is 3.61. The molecule has 0 atom stereocenters. The summed E-state index contributed by atoms with van der Waals surface area (Å²) in [6.45, 7) is -0.414. The van der Waals surface area contributed by atoms with Gasteiger partial charge in [-0.05, 0) is 31.2 Å². The molecule has 0 aliphatic heterocycles. The van der Waals surface area contributed by atoms with Crippen LogP contribution >= 0.6 is 0 Å². The van der Waals surface area contributed by atoms with Crippen LogP contribution in [-0.4, -0.2) is 18.7 Å². The first-order valence-corrected chi connectivity index (χ1v) is 6.37. The fourth-order valence-corrected chi connectivity index (χ4v) is 1.86. The van der Waals surface area contributed by atoms with E-state index in [1.54, 1.807) is 19.2 Å². The fraction of sp³-hybridized carbons (Fsp3) is 0.267. The Bertz CT molecular complexity index is 589. The Morgan fingerprint density at radius 2 is 1.86 bits per heavy atom. The van der Waals surface area contributed by atoms with E-state index >= 15 is 0 Å². The molecule has 0 saturated heterocycles. The molecule has 1 heterocycles. The maximum absolute atomic E-state index is 12.0. The van der Waals surface area contributed by atoms with Crippen LogP contribution in [0.4, 0.5) is 14.5 Å². The monoisotopic (exact) mass is 294 g/mol. The molecular formula is C15H16F2N2O2. The Morgan fingerprint density at radius 3 is 2.48 bits per heavy atom. The molecule has 6 heteroatoms. The maximum atomic E-state index is 12.0. The zero-order valence-electron chi connectivity index (χ0n) is 11.8. The van der Waals surface area contributed by atoms with Gasteiger partial charge in [0.1, 0.15) is 11.5 Å². The number of alkyl halides is 2. The summed E-state index contributed by atoms with van der Waals surface area (Å²) in [5.41, 5.74) is 2.49. The minimum atomic E-state index is -2.81. The van der Waals surface area contributed by atoms with E-state index in [1.165, 1.54) is 12.1 Å². The lowest BCUT2D eigenvalue weighted by Gasteiger charge is -2.09. The van der Waals surface area contributed by atoms with Crippen LogP contribution in [0.2, 0.25) is 0 Å². The van der Waals surface area contributed by atoms with Crippen LogP contribution in [-0.2, 0) is 6.54 Å². The molecule has 4 nitrogen and oxygen atoms in total. The molecule has 0 aliphatic carbocycles. The molecule has 2 aromatic rings. The number of aryl methyl sites for hydroxylation is 1. The van der Waals surface area contributed by atoms with E-state index in [0.717, 1.165) is 22.8 Å². The van der Waals surface area contributed by atoms with Crippen molar-refractivity contribution >= 4 is 5.69 Å². The molecule has 0 unspecified atom stereocenters. The van der Waals surface area contributed by atoms with Crippen LogP contribution in [0.15, 0.2) is 36.4 Å². The van der Waals surface area contributed by atoms with E-state index in [4.69, 9.17) is 4.74 Å². The van der Waals surface area contributed by atoms with Crippen molar-refractivity contribution < 1.29 is 18.3 Å². The maximum Gasteiger partial charge on any atom is 0.387 e. The molecule has 0 amide bonds. The van der Waals surface area contributed by atoms with Crippen LogP contribution in [0, 0.1) is 6.92 Å². The van der Waals surface area contributed by atoms with Gasteiger partial charge >= 0.3 is 6.61 Å². The third-order valence-electron chi connectivity index (χ3n) is 2.77. The smallest absolute Gasteiger partial charge is 0.387 e. The SMILES string of the molecule is COc1cc(C)nc(CNc2ccc(OC(F)F)cc2)c1. The molecule has 112 valence electrons. The van der Waals surface area contributed by atoms with Crippen LogP contribution in [0.5, 0.6) is 11.5 Å². The summed E-state index contributed by atoms with van der Waals surface area (Å²) in [5.74, 6) is 0.880. The van der Waals surface area contributed by atoms with Gasteiger partial charge in [0.25, 0.3) is 0 Å². The number of hydrogen-bond donors (Lipinski definition) is 1. The fourth-order valence-electron chi connectivity index (χ4n) is 1.86. The van der Waals surface area contributed by atoms with Crippen molar-refractivity contribution in [3.05, 3.63) is 47.8 Å². The number of anilines is 1. The average molecular weight is 294 g/mol. The number of pyridine rings is 1. The highest BCUT2D eigenvalue weighted by atomic mass is 19.3.